The van der Waals surface area contributed by atoms with Crippen LogP contribution >= 0.6 is 0 Å². The molecular weight excluding hydrogens is 805 g/mol. The second-order valence-electron chi connectivity index (χ2n) is 18.7. The molecule has 0 bridgehead atoms. The summed E-state index contributed by atoms with van der Waals surface area (Å²) < 4.78 is 14.5. The largest absolute Gasteiger partial charge is 0.453 e. The molecule has 0 N–H and O–H groups in total. The van der Waals surface area contributed by atoms with Crippen molar-refractivity contribution in [1.82, 2.24) is 0 Å². The minimum Gasteiger partial charge on any atom is -0.453 e. The van der Waals surface area contributed by atoms with Crippen LogP contribution in [-0.2, 0) is 0 Å². The highest BCUT2D eigenvalue weighted by atomic mass is 16.3. The van der Waals surface area contributed by atoms with Gasteiger partial charge in [0.1, 0.15) is 11.2 Å². The van der Waals surface area contributed by atoms with Crippen LogP contribution in [0.1, 0.15) is 64.2 Å². The highest BCUT2D eigenvalue weighted by Crippen LogP contribution is 2.53. The fraction of sp³-hybridized carbons (Fsp3) is 0.194. The third-order valence-corrected chi connectivity index (χ3v) is 14.9. The van der Waals surface area contributed by atoms with E-state index in [0.29, 0.717) is 12.1 Å². The molecule has 2 fully saturated rings. The Morgan fingerprint density at radius 2 is 0.606 bits per heavy atom. The molecular formula is C62H52N2O2. The topological polar surface area (TPSA) is 32.8 Å². The van der Waals surface area contributed by atoms with E-state index in [0.717, 1.165) is 103 Å². The SMILES string of the molecule is c1ccc(-c2cccc3c2oc2c(N(c4c5ccccc5c(N(c5cccc6c5oc5c(-c7ccccc7)cccc56)C5CCCCC5)c5ccccc45)C4CCCCC4)cccc23)cc1. The Bertz CT molecular complexity index is 3280. The molecule has 2 heterocycles. The first-order chi connectivity index (χ1) is 32.8. The molecule has 4 nitrogen and oxygen atoms in total. The Labute approximate surface area is 385 Å². The molecule has 9 aromatic carbocycles. The standard InChI is InChI=1S/C62H52N2O2/c1-5-21-41(22-6-1)45-33-17-35-51-53-37-19-39-55(61(53)65-59(45)51)63(43-25-9-3-10-26-43)57-47-29-13-15-31-49(47)58(50-32-16-14-30-48(50)57)64(44-27-11-4-12-28-44)56-40-20-38-54-52-36-18-34-46(60(52)66-62(54)56)42-23-7-2-8-24-42/h1-2,5-8,13-24,29-40,43-44H,3-4,9-12,25-28H2. The lowest BCUT2D eigenvalue weighted by molar-refractivity contribution is 0.436. The van der Waals surface area contributed by atoms with Crippen molar-refractivity contribution in [3.63, 3.8) is 0 Å². The Morgan fingerprint density at radius 3 is 0.985 bits per heavy atom. The van der Waals surface area contributed by atoms with Gasteiger partial charge in [-0.15, -0.1) is 0 Å². The van der Waals surface area contributed by atoms with Crippen LogP contribution in [0.4, 0.5) is 22.7 Å². The highest BCUT2D eigenvalue weighted by Gasteiger charge is 2.34. The summed E-state index contributed by atoms with van der Waals surface area (Å²) in [6.45, 7) is 0. The lowest BCUT2D eigenvalue weighted by atomic mass is 9.89. The van der Waals surface area contributed by atoms with Gasteiger partial charge in [-0.2, -0.15) is 0 Å². The van der Waals surface area contributed by atoms with Gasteiger partial charge in [-0.3, -0.25) is 0 Å². The first-order valence-corrected chi connectivity index (χ1v) is 24.3. The molecule has 0 unspecified atom stereocenters. The first-order valence-electron chi connectivity index (χ1n) is 24.3. The van der Waals surface area contributed by atoms with E-state index in [1.807, 2.05) is 0 Å². The quantitative estimate of drug-likeness (QED) is 0.113. The molecule has 2 aliphatic rings. The lowest BCUT2D eigenvalue weighted by Gasteiger charge is -2.40. The predicted molar refractivity (Wildman–Crippen MR) is 278 cm³/mol. The maximum absolute atomic E-state index is 7.23. The van der Waals surface area contributed by atoms with Gasteiger partial charge in [0.05, 0.1) is 22.7 Å². The van der Waals surface area contributed by atoms with Gasteiger partial charge in [-0.25, -0.2) is 0 Å². The van der Waals surface area contributed by atoms with Gasteiger partial charge < -0.3 is 18.6 Å². The zero-order chi connectivity index (χ0) is 43.6. The molecule has 66 heavy (non-hydrogen) atoms. The Morgan fingerprint density at radius 1 is 0.288 bits per heavy atom. The number of furan rings is 2. The summed E-state index contributed by atoms with van der Waals surface area (Å²) in [6, 6.07) is 67.3. The number of rotatable bonds is 8. The fourth-order valence-corrected chi connectivity index (χ4v) is 12.0. The van der Waals surface area contributed by atoms with Gasteiger partial charge >= 0.3 is 0 Å². The number of fused-ring (bicyclic) bond motifs is 8. The lowest BCUT2D eigenvalue weighted by Crippen LogP contribution is -2.35. The van der Waals surface area contributed by atoms with Gasteiger partial charge in [0.25, 0.3) is 0 Å². The van der Waals surface area contributed by atoms with Gasteiger partial charge in [-0.1, -0.05) is 208 Å². The molecule has 2 aromatic heterocycles. The number of nitrogens with zero attached hydrogens (tertiary/aromatic N) is 2. The molecule has 0 saturated heterocycles. The summed E-state index contributed by atoms with van der Waals surface area (Å²) in [4.78, 5) is 5.44. The van der Waals surface area contributed by atoms with Crippen LogP contribution in [0.3, 0.4) is 0 Å². The number of anilines is 4. The second kappa shape index (κ2) is 16.3. The molecule has 2 aliphatic carbocycles. The summed E-state index contributed by atoms with van der Waals surface area (Å²) in [6.07, 6.45) is 11.9. The van der Waals surface area contributed by atoms with Crippen LogP contribution in [-0.4, -0.2) is 12.1 Å². The van der Waals surface area contributed by atoms with Crippen LogP contribution in [0, 0.1) is 0 Å². The molecule has 0 amide bonds. The van der Waals surface area contributed by atoms with E-state index in [1.165, 1.54) is 71.4 Å². The molecule has 0 atom stereocenters. The molecule has 4 heteroatoms. The molecule has 0 spiro atoms. The summed E-state index contributed by atoms with van der Waals surface area (Å²) >= 11 is 0. The Kier molecular flexibility index (Phi) is 9.65. The van der Waals surface area contributed by atoms with Crippen LogP contribution in [0.2, 0.25) is 0 Å². The highest BCUT2D eigenvalue weighted by molar-refractivity contribution is 6.24. The zero-order valence-corrected chi connectivity index (χ0v) is 37.3. The summed E-state index contributed by atoms with van der Waals surface area (Å²) in [7, 11) is 0. The van der Waals surface area contributed by atoms with E-state index in [1.54, 1.807) is 0 Å². The smallest absolute Gasteiger partial charge is 0.159 e. The van der Waals surface area contributed by atoms with Crippen molar-refractivity contribution >= 4 is 88.2 Å². The van der Waals surface area contributed by atoms with E-state index in [4.69, 9.17) is 8.83 Å². The average molecular weight is 857 g/mol. The van der Waals surface area contributed by atoms with Crippen molar-refractivity contribution in [3.8, 4) is 22.3 Å². The Balaban J connectivity index is 1.08. The number of para-hydroxylation sites is 4. The Hall–Kier alpha value is -7.30. The van der Waals surface area contributed by atoms with Gasteiger partial charge in [0.15, 0.2) is 11.2 Å². The summed E-state index contributed by atoms with van der Waals surface area (Å²) in [5.74, 6) is 0. The molecule has 0 radical (unpaired) electrons. The van der Waals surface area contributed by atoms with Crippen LogP contribution < -0.4 is 9.80 Å². The molecule has 2 saturated carbocycles. The van der Waals surface area contributed by atoms with Crippen molar-refractivity contribution in [2.75, 3.05) is 9.80 Å². The molecule has 322 valence electrons. The average Bonchev–Trinajstić information content (AvgIpc) is 3.98. The molecule has 11 aromatic rings. The van der Waals surface area contributed by atoms with E-state index in [9.17, 15) is 0 Å². The monoisotopic (exact) mass is 856 g/mol. The maximum Gasteiger partial charge on any atom is 0.159 e. The van der Waals surface area contributed by atoms with E-state index in [2.05, 4.69) is 192 Å². The summed E-state index contributed by atoms with van der Waals surface area (Å²) in [5.41, 5.74) is 13.2. The van der Waals surface area contributed by atoms with Gasteiger partial charge in [0.2, 0.25) is 0 Å². The van der Waals surface area contributed by atoms with Gasteiger partial charge in [-0.05, 0) is 48.9 Å². The fourth-order valence-electron chi connectivity index (χ4n) is 12.0. The third-order valence-electron chi connectivity index (χ3n) is 14.9. The van der Waals surface area contributed by atoms with Crippen molar-refractivity contribution < 1.29 is 8.83 Å². The van der Waals surface area contributed by atoms with Crippen molar-refractivity contribution in [2.24, 2.45) is 0 Å². The second-order valence-corrected chi connectivity index (χ2v) is 18.7. The van der Waals surface area contributed by atoms with E-state index in [-0.39, 0.29) is 0 Å². The van der Waals surface area contributed by atoms with Crippen LogP contribution in [0.5, 0.6) is 0 Å². The van der Waals surface area contributed by atoms with Crippen molar-refractivity contribution in [2.45, 2.75) is 76.3 Å². The van der Waals surface area contributed by atoms with E-state index < -0.39 is 0 Å². The molecule has 13 rings (SSSR count). The minimum atomic E-state index is 0.307. The number of hydrogen-bond donors (Lipinski definition) is 0. The zero-order valence-electron chi connectivity index (χ0n) is 37.3. The number of benzene rings is 9. The predicted octanol–water partition coefficient (Wildman–Crippen LogP) is 18.1. The van der Waals surface area contributed by atoms with Crippen molar-refractivity contribution in [1.29, 1.82) is 0 Å². The van der Waals surface area contributed by atoms with Gasteiger partial charge in [0, 0.05) is 66.3 Å². The van der Waals surface area contributed by atoms with Crippen LogP contribution in [0.25, 0.3) is 87.7 Å². The molecule has 0 aliphatic heterocycles. The van der Waals surface area contributed by atoms with Crippen molar-refractivity contribution in [3.05, 3.63) is 182 Å². The first kappa shape index (κ1) is 39.1. The minimum absolute atomic E-state index is 0.307. The summed E-state index contributed by atoms with van der Waals surface area (Å²) in [5, 5.41) is 9.67. The van der Waals surface area contributed by atoms with E-state index >= 15 is 0 Å². The third kappa shape index (κ3) is 6.33. The number of hydrogen-bond acceptors (Lipinski definition) is 4. The maximum atomic E-state index is 7.23. The normalized spacial score (nSPS) is 15.2. The van der Waals surface area contributed by atoms with Crippen LogP contribution in [0.15, 0.2) is 191 Å².